The average Bonchev–Trinajstić information content (AvgIpc) is 1.61. The maximum absolute atomic E-state index is 9.42. The third kappa shape index (κ3) is 3.69. The Labute approximate surface area is 44.6 Å². The smallest absolute Gasteiger partial charge is 0.144 e. The van der Waals surface area contributed by atoms with E-state index in [1.165, 1.54) is 12.3 Å². The summed E-state index contributed by atoms with van der Waals surface area (Å²) in [5.74, 6) is 0. The molecule has 2 nitrogen and oxygen atoms in total. The van der Waals surface area contributed by atoms with E-state index in [-0.39, 0.29) is 0 Å². The SMILES string of the molecule is O=CC=CNBr. The molecule has 0 unspecified atom stereocenters. The summed E-state index contributed by atoms with van der Waals surface area (Å²) in [4.78, 5) is 9.42. The number of aldehydes is 1. The molecule has 0 fully saturated rings. The first kappa shape index (κ1) is 5.69. The van der Waals surface area contributed by atoms with Gasteiger partial charge in [0.25, 0.3) is 0 Å². The maximum Gasteiger partial charge on any atom is 0.144 e. The second-order valence-corrected chi connectivity index (χ2v) is 1.06. The van der Waals surface area contributed by atoms with Crippen LogP contribution in [0.4, 0.5) is 0 Å². The van der Waals surface area contributed by atoms with E-state index in [1.54, 1.807) is 0 Å². The van der Waals surface area contributed by atoms with Crippen molar-refractivity contribution in [3.05, 3.63) is 12.3 Å². The van der Waals surface area contributed by atoms with E-state index in [0.29, 0.717) is 6.29 Å². The topological polar surface area (TPSA) is 29.1 Å². The fourth-order valence-corrected chi connectivity index (χ4v) is 0.228. The highest BCUT2D eigenvalue weighted by molar-refractivity contribution is 9.08. The molecule has 1 N–H and O–H groups in total. The van der Waals surface area contributed by atoms with Crippen molar-refractivity contribution in [3.8, 4) is 0 Å². The minimum Gasteiger partial charge on any atom is -0.329 e. The lowest BCUT2D eigenvalue weighted by Gasteiger charge is -1.71. The third-order valence-electron chi connectivity index (χ3n) is 0.238. The summed E-state index contributed by atoms with van der Waals surface area (Å²) in [7, 11) is 0. The van der Waals surface area contributed by atoms with Gasteiger partial charge in [0.1, 0.15) is 6.29 Å². The average molecular weight is 150 g/mol. The molecule has 0 aromatic rings. The first-order valence-corrected chi connectivity index (χ1v) is 2.17. The summed E-state index contributed by atoms with van der Waals surface area (Å²) < 4.78 is 2.47. The maximum atomic E-state index is 9.42. The minimum absolute atomic E-state index is 0.689. The lowest BCUT2D eigenvalue weighted by Crippen LogP contribution is -1.77. The third-order valence-corrected chi connectivity index (χ3v) is 0.502. The van der Waals surface area contributed by atoms with Crippen molar-refractivity contribution in [1.82, 2.24) is 4.34 Å². The van der Waals surface area contributed by atoms with E-state index in [2.05, 4.69) is 20.5 Å². The Morgan fingerprint density at radius 2 is 2.33 bits per heavy atom. The lowest BCUT2D eigenvalue weighted by molar-refractivity contribution is -0.104. The van der Waals surface area contributed by atoms with E-state index >= 15 is 0 Å². The Morgan fingerprint density at radius 3 is 2.50 bits per heavy atom. The van der Waals surface area contributed by atoms with Crippen molar-refractivity contribution in [1.29, 1.82) is 0 Å². The van der Waals surface area contributed by atoms with Gasteiger partial charge in [0.05, 0.1) is 0 Å². The molecule has 0 bridgehead atoms. The Bertz CT molecular complexity index is 61.8. The van der Waals surface area contributed by atoms with Crippen LogP contribution in [0.2, 0.25) is 0 Å². The molecule has 0 saturated heterocycles. The molecule has 0 aliphatic heterocycles. The fourth-order valence-electron chi connectivity index (χ4n) is 0.0757. The van der Waals surface area contributed by atoms with Gasteiger partial charge in [-0.1, -0.05) is 0 Å². The van der Waals surface area contributed by atoms with Gasteiger partial charge in [-0.2, -0.15) is 0 Å². The number of rotatable bonds is 2. The molecule has 0 spiro atoms. The van der Waals surface area contributed by atoms with Crippen LogP contribution in [0.15, 0.2) is 12.3 Å². The van der Waals surface area contributed by atoms with Gasteiger partial charge in [0.2, 0.25) is 0 Å². The zero-order chi connectivity index (χ0) is 4.83. The lowest BCUT2D eigenvalue weighted by atomic mass is 10.7. The summed E-state index contributed by atoms with van der Waals surface area (Å²) in [6, 6.07) is 0. The highest BCUT2D eigenvalue weighted by atomic mass is 79.9. The van der Waals surface area contributed by atoms with Gasteiger partial charge in [-0.05, 0) is 6.08 Å². The van der Waals surface area contributed by atoms with Gasteiger partial charge in [0, 0.05) is 22.3 Å². The van der Waals surface area contributed by atoms with E-state index in [4.69, 9.17) is 0 Å². The molecule has 0 aromatic carbocycles. The van der Waals surface area contributed by atoms with Gasteiger partial charge < -0.3 is 4.34 Å². The van der Waals surface area contributed by atoms with Crippen LogP contribution < -0.4 is 4.34 Å². The van der Waals surface area contributed by atoms with E-state index in [0.717, 1.165) is 0 Å². The molecule has 0 amide bonds. The van der Waals surface area contributed by atoms with Gasteiger partial charge in [0.15, 0.2) is 0 Å². The molecule has 34 valence electrons. The molecular weight excluding hydrogens is 146 g/mol. The van der Waals surface area contributed by atoms with Crippen LogP contribution in [-0.2, 0) is 4.79 Å². The number of halogens is 1. The monoisotopic (exact) mass is 149 g/mol. The van der Waals surface area contributed by atoms with Crippen LogP contribution in [0, 0.1) is 0 Å². The molecule has 0 aliphatic carbocycles. The van der Waals surface area contributed by atoms with Crippen LogP contribution in [0.1, 0.15) is 0 Å². The molecule has 0 rings (SSSR count). The fraction of sp³-hybridized carbons (Fsp3) is 0. The Hall–Kier alpha value is -0.310. The first-order valence-electron chi connectivity index (χ1n) is 1.38. The zero-order valence-corrected chi connectivity index (χ0v) is 4.60. The van der Waals surface area contributed by atoms with Crippen LogP contribution in [0.5, 0.6) is 0 Å². The van der Waals surface area contributed by atoms with Crippen molar-refractivity contribution >= 4 is 22.4 Å². The van der Waals surface area contributed by atoms with E-state index in [1.807, 2.05) is 0 Å². The van der Waals surface area contributed by atoms with Crippen LogP contribution in [-0.4, -0.2) is 6.29 Å². The van der Waals surface area contributed by atoms with Gasteiger partial charge in [-0.15, -0.1) is 0 Å². The van der Waals surface area contributed by atoms with Crippen molar-refractivity contribution in [2.75, 3.05) is 0 Å². The number of carbonyl (C=O) groups is 1. The van der Waals surface area contributed by atoms with Crippen LogP contribution in [0.25, 0.3) is 0 Å². The van der Waals surface area contributed by atoms with Gasteiger partial charge in [-0.3, -0.25) is 4.79 Å². The number of nitrogens with one attached hydrogen (secondary N) is 1. The number of allylic oxidation sites excluding steroid dienone is 1. The quantitative estimate of drug-likeness (QED) is 0.354. The second-order valence-electron chi connectivity index (χ2n) is 0.604. The summed E-state index contributed by atoms with van der Waals surface area (Å²) >= 11 is 2.85. The molecule has 0 atom stereocenters. The van der Waals surface area contributed by atoms with E-state index < -0.39 is 0 Å². The summed E-state index contributed by atoms with van der Waals surface area (Å²) in [5, 5.41) is 0. The Kier molecular flexibility index (Phi) is 4.45. The molecule has 6 heavy (non-hydrogen) atoms. The molecule has 0 saturated carbocycles. The molecule has 3 heteroatoms. The number of hydrogen-bond donors (Lipinski definition) is 1. The molecule has 0 radical (unpaired) electrons. The van der Waals surface area contributed by atoms with Crippen molar-refractivity contribution in [2.24, 2.45) is 0 Å². The summed E-state index contributed by atoms with van der Waals surface area (Å²) in [5.41, 5.74) is 0. The van der Waals surface area contributed by atoms with Gasteiger partial charge in [-0.25, -0.2) is 0 Å². The second kappa shape index (κ2) is 4.69. The van der Waals surface area contributed by atoms with Crippen molar-refractivity contribution in [2.45, 2.75) is 0 Å². The molecular formula is C3H4BrNO. The Balaban J connectivity index is 2.94. The van der Waals surface area contributed by atoms with E-state index in [9.17, 15) is 4.79 Å². The molecule has 0 aromatic heterocycles. The van der Waals surface area contributed by atoms with Gasteiger partial charge >= 0.3 is 0 Å². The highest BCUT2D eigenvalue weighted by Crippen LogP contribution is 1.64. The van der Waals surface area contributed by atoms with Crippen molar-refractivity contribution in [3.63, 3.8) is 0 Å². The highest BCUT2D eigenvalue weighted by Gasteiger charge is 1.56. The summed E-state index contributed by atoms with van der Waals surface area (Å²) in [6.07, 6.45) is 3.51. The predicted octanol–water partition coefficient (Wildman–Crippen LogP) is 0.599. The number of hydrogen-bond acceptors (Lipinski definition) is 2. The molecule has 0 heterocycles. The number of carbonyl (C=O) groups excluding carboxylic acids is 1. The van der Waals surface area contributed by atoms with Crippen LogP contribution >= 0.6 is 16.1 Å². The minimum atomic E-state index is 0.689. The normalized spacial score (nSPS) is 8.83. The predicted molar refractivity (Wildman–Crippen MR) is 27.3 cm³/mol. The van der Waals surface area contributed by atoms with Crippen molar-refractivity contribution < 1.29 is 4.79 Å². The zero-order valence-electron chi connectivity index (χ0n) is 3.02. The first-order chi connectivity index (χ1) is 2.91. The molecule has 0 aliphatic rings. The Morgan fingerprint density at radius 1 is 1.67 bits per heavy atom. The standard InChI is InChI=1S/C3H4BrNO/c4-5-2-1-3-6/h1-3,5H. The summed E-state index contributed by atoms with van der Waals surface area (Å²) in [6.45, 7) is 0. The van der Waals surface area contributed by atoms with Crippen LogP contribution in [0.3, 0.4) is 0 Å². The largest absolute Gasteiger partial charge is 0.329 e.